The molecule has 0 aliphatic carbocycles. The molecule has 1 saturated heterocycles. The Morgan fingerprint density at radius 1 is 1.39 bits per heavy atom. The molecular formula is C15H26N2O. The van der Waals surface area contributed by atoms with Crippen molar-refractivity contribution in [1.82, 2.24) is 4.90 Å². The largest absolute Gasteiger partial charge is 0.465 e. The van der Waals surface area contributed by atoms with Gasteiger partial charge < -0.3 is 10.2 Å². The molecule has 1 aromatic heterocycles. The van der Waals surface area contributed by atoms with Gasteiger partial charge in [0.1, 0.15) is 11.5 Å². The lowest BCUT2D eigenvalue weighted by atomic mass is 9.78. The summed E-state index contributed by atoms with van der Waals surface area (Å²) in [6.45, 7) is 10.6. The van der Waals surface area contributed by atoms with Gasteiger partial charge in [0.2, 0.25) is 0 Å². The van der Waals surface area contributed by atoms with Crippen molar-refractivity contribution in [2.24, 2.45) is 11.1 Å². The van der Waals surface area contributed by atoms with Crippen molar-refractivity contribution in [1.29, 1.82) is 0 Å². The smallest absolute Gasteiger partial charge is 0.118 e. The van der Waals surface area contributed by atoms with Crippen LogP contribution in [0.15, 0.2) is 10.5 Å². The average Bonchev–Trinajstić information content (AvgIpc) is 2.73. The minimum atomic E-state index is 0.554. The van der Waals surface area contributed by atoms with Gasteiger partial charge in [-0.05, 0) is 44.3 Å². The maximum Gasteiger partial charge on any atom is 0.118 e. The van der Waals surface area contributed by atoms with Crippen molar-refractivity contribution in [3.63, 3.8) is 0 Å². The van der Waals surface area contributed by atoms with Crippen LogP contribution in [0.5, 0.6) is 0 Å². The number of piperidine rings is 1. The third-order valence-corrected chi connectivity index (χ3v) is 4.59. The predicted octanol–water partition coefficient (Wildman–Crippen LogP) is 3.06. The van der Waals surface area contributed by atoms with Crippen LogP contribution in [0.25, 0.3) is 0 Å². The molecule has 0 unspecified atom stereocenters. The van der Waals surface area contributed by atoms with Crippen LogP contribution in [-0.2, 0) is 13.1 Å². The zero-order valence-electron chi connectivity index (χ0n) is 12.0. The van der Waals surface area contributed by atoms with E-state index in [1.54, 1.807) is 0 Å². The summed E-state index contributed by atoms with van der Waals surface area (Å²) >= 11 is 0. The molecule has 3 heteroatoms. The quantitative estimate of drug-likeness (QED) is 0.893. The molecule has 0 radical (unpaired) electrons. The molecule has 3 nitrogen and oxygen atoms in total. The van der Waals surface area contributed by atoms with E-state index in [0.717, 1.165) is 23.6 Å². The first kappa shape index (κ1) is 13.6. The lowest BCUT2D eigenvalue weighted by Crippen LogP contribution is -2.37. The van der Waals surface area contributed by atoms with Crippen molar-refractivity contribution in [2.45, 2.75) is 53.1 Å². The molecule has 1 aromatic rings. The molecule has 0 saturated carbocycles. The van der Waals surface area contributed by atoms with Gasteiger partial charge in [0, 0.05) is 12.1 Å². The Kier molecular flexibility index (Phi) is 4.13. The van der Waals surface area contributed by atoms with Gasteiger partial charge >= 0.3 is 0 Å². The Balaban J connectivity index is 1.91. The van der Waals surface area contributed by atoms with Gasteiger partial charge in [-0.1, -0.05) is 20.3 Å². The number of hydrogen-bond donors (Lipinski definition) is 1. The Bertz CT molecular complexity index is 389. The van der Waals surface area contributed by atoms with E-state index in [4.69, 9.17) is 10.2 Å². The third kappa shape index (κ3) is 2.96. The fourth-order valence-corrected chi connectivity index (χ4v) is 2.69. The van der Waals surface area contributed by atoms with Gasteiger partial charge in [0.05, 0.1) is 6.54 Å². The second-order valence-electron chi connectivity index (χ2n) is 5.94. The Morgan fingerprint density at radius 2 is 2.06 bits per heavy atom. The normalized spacial score (nSPS) is 20.2. The summed E-state index contributed by atoms with van der Waals surface area (Å²) in [5.41, 5.74) is 7.37. The predicted molar refractivity (Wildman–Crippen MR) is 74.2 cm³/mol. The zero-order valence-corrected chi connectivity index (χ0v) is 12.0. The number of aryl methyl sites for hydroxylation is 1. The van der Waals surface area contributed by atoms with E-state index in [2.05, 4.69) is 24.8 Å². The second kappa shape index (κ2) is 5.45. The summed E-state index contributed by atoms with van der Waals surface area (Å²) < 4.78 is 5.76. The van der Waals surface area contributed by atoms with Crippen LogP contribution < -0.4 is 5.73 Å². The summed E-state index contributed by atoms with van der Waals surface area (Å²) in [7, 11) is 0. The molecule has 0 spiro atoms. The maximum atomic E-state index is 5.76. The monoisotopic (exact) mass is 250 g/mol. The van der Waals surface area contributed by atoms with Gasteiger partial charge in [-0.2, -0.15) is 0 Å². The van der Waals surface area contributed by atoms with Crippen LogP contribution in [0.1, 0.15) is 50.2 Å². The molecule has 2 heterocycles. The van der Waals surface area contributed by atoms with E-state index >= 15 is 0 Å². The Hall–Kier alpha value is -0.800. The summed E-state index contributed by atoms with van der Waals surface area (Å²) in [5, 5.41) is 0. The van der Waals surface area contributed by atoms with Gasteiger partial charge in [0.15, 0.2) is 0 Å². The minimum Gasteiger partial charge on any atom is -0.465 e. The van der Waals surface area contributed by atoms with Crippen molar-refractivity contribution in [2.75, 3.05) is 13.1 Å². The minimum absolute atomic E-state index is 0.554. The molecule has 0 bridgehead atoms. The number of nitrogens with zero attached hydrogens (tertiary/aromatic N) is 1. The van der Waals surface area contributed by atoms with Crippen LogP contribution >= 0.6 is 0 Å². The summed E-state index contributed by atoms with van der Waals surface area (Å²) in [6.07, 6.45) is 3.89. The molecule has 18 heavy (non-hydrogen) atoms. The molecule has 0 aromatic carbocycles. The topological polar surface area (TPSA) is 42.4 Å². The van der Waals surface area contributed by atoms with Crippen LogP contribution in [0, 0.1) is 12.3 Å². The number of likely N-dealkylation sites (tertiary alicyclic amines) is 1. The van der Waals surface area contributed by atoms with E-state index < -0.39 is 0 Å². The van der Waals surface area contributed by atoms with E-state index in [0.29, 0.717) is 12.0 Å². The van der Waals surface area contributed by atoms with Gasteiger partial charge in [-0.3, -0.25) is 4.90 Å². The van der Waals surface area contributed by atoms with Crippen molar-refractivity contribution in [3.05, 3.63) is 23.2 Å². The van der Waals surface area contributed by atoms with E-state index in [9.17, 15) is 0 Å². The van der Waals surface area contributed by atoms with Gasteiger partial charge in [-0.25, -0.2) is 0 Å². The van der Waals surface area contributed by atoms with E-state index in [-0.39, 0.29) is 0 Å². The molecule has 1 fully saturated rings. The third-order valence-electron chi connectivity index (χ3n) is 4.59. The first-order chi connectivity index (χ1) is 8.56. The summed E-state index contributed by atoms with van der Waals surface area (Å²) in [5.74, 6) is 2.04. The number of furan rings is 1. The highest BCUT2D eigenvalue weighted by Gasteiger charge is 2.28. The lowest BCUT2D eigenvalue weighted by Gasteiger charge is -2.38. The van der Waals surface area contributed by atoms with Crippen molar-refractivity contribution < 1.29 is 4.42 Å². The maximum absolute atomic E-state index is 5.76. The molecule has 0 atom stereocenters. The zero-order chi connectivity index (χ0) is 13.2. The highest BCUT2D eigenvalue weighted by Crippen LogP contribution is 2.34. The number of hydrogen-bond acceptors (Lipinski definition) is 3. The Labute approximate surface area is 110 Å². The Morgan fingerprint density at radius 3 is 2.56 bits per heavy atom. The first-order valence-electron chi connectivity index (χ1n) is 7.07. The molecule has 2 rings (SSSR count). The van der Waals surface area contributed by atoms with Crippen LogP contribution in [0.3, 0.4) is 0 Å². The van der Waals surface area contributed by atoms with Crippen LogP contribution in [0.4, 0.5) is 0 Å². The average molecular weight is 250 g/mol. The number of nitrogens with two attached hydrogens (primary N) is 1. The molecule has 0 amide bonds. The fourth-order valence-electron chi connectivity index (χ4n) is 2.69. The van der Waals surface area contributed by atoms with Crippen LogP contribution in [0.2, 0.25) is 0 Å². The number of rotatable bonds is 4. The van der Waals surface area contributed by atoms with E-state index in [1.165, 1.54) is 32.4 Å². The van der Waals surface area contributed by atoms with E-state index in [1.807, 2.05) is 6.92 Å². The highest BCUT2D eigenvalue weighted by atomic mass is 16.3. The van der Waals surface area contributed by atoms with Crippen molar-refractivity contribution in [3.8, 4) is 0 Å². The molecule has 1 aliphatic heterocycles. The van der Waals surface area contributed by atoms with Gasteiger partial charge in [0.25, 0.3) is 0 Å². The second-order valence-corrected chi connectivity index (χ2v) is 5.94. The lowest BCUT2D eigenvalue weighted by molar-refractivity contribution is 0.104. The molecule has 2 N–H and O–H groups in total. The highest BCUT2D eigenvalue weighted by molar-refractivity contribution is 5.20. The molecule has 1 aliphatic rings. The first-order valence-corrected chi connectivity index (χ1v) is 7.07. The van der Waals surface area contributed by atoms with Crippen LogP contribution in [-0.4, -0.2) is 18.0 Å². The van der Waals surface area contributed by atoms with Crippen molar-refractivity contribution >= 4 is 0 Å². The SMILES string of the molecule is CCC1(C)CCN(Cc2cc(CN)c(C)o2)CC1. The fraction of sp³-hybridized carbons (Fsp3) is 0.733. The standard InChI is InChI=1S/C15H26N2O/c1-4-15(3)5-7-17(8-6-15)11-14-9-13(10-16)12(2)18-14/h9H,4-8,10-11,16H2,1-3H3. The molecular weight excluding hydrogens is 224 g/mol. The summed E-state index contributed by atoms with van der Waals surface area (Å²) in [4.78, 5) is 2.50. The summed E-state index contributed by atoms with van der Waals surface area (Å²) in [6, 6.07) is 2.11. The van der Waals surface area contributed by atoms with Gasteiger partial charge in [-0.15, -0.1) is 0 Å². The molecule has 102 valence electrons.